The van der Waals surface area contributed by atoms with Gasteiger partial charge in [0.05, 0.1) is 27.8 Å². The minimum absolute atomic E-state index is 0.544. The lowest BCUT2D eigenvalue weighted by atomic mass is 9.67. The summed E-state index contributed by atoms with van der Waals surface area (Å²) in [4.78, 5) is 2.49. The molecule has 0 unspecified atom stereocenters. The number of para-hydroxylation sites is 1. The van der Waals surface area contributed by atoms with Crippen LogP contribution in [-0.4, -0.2) is 4.57 Å². The van der Waals surface area contributed by atoms with Crippen molar-refractivity contribution in [3.63, 3.8) is 0 Å². The van der Waals surface area contributed by atoms with Gasteiger partial charge in [-0.2, -0.15) is 0 Å². The molecule has 14 aromatic rings. The van der Waals surface area contributed by atoms with Gasteiger partial charge in [0, 0.05) is 32.9 Å². The topological polar surface area (TPSA) is 8.17 Å². The summed E-state index contributed by atoms with van der Waals surface area (Å²) in [6, 6.07) is 112. The first-order valence-corrected chi connectivity index (χ1v) is 26.7. The van der Waals surface area contributed by atoms with Gasteiger partial charge in [-0.25, -0.2) is 0 Å². The number of nitrogens with zero attached hydrogens (tertiary/aromatic N) is 2. The molecule has 0 aliphatic heterocycles. The van der Waals surface area contributed by atoms with Gasteiger partial charge in [0.15, 0.2) is 0 Å². The number of benzene rings is 13. The molecule has 2 heteroatoms. The Morgan fingerprint density at radius 3 is 1.57 bits per heavy atom. The highest BCUT2D eigenvalue weighted by molar-refractivity contribution is 6.12. The van der Waals surface area contributed by atoms with Crippen molar-refractivity contribution in [2.75, 3.05) is 4.90 Å². The van der Waals surface area contributed by atoms with E-state index in [-0.39, 0.29) is 0 Å². The second-order valence-electron chi connectivity index (χ2n) is 20.3. The Morgan fingerprint density at radius 2 is 0.805 bits per heavy atom. The normalized spacial score (nSPS) is 12.5. The SMILES string of the molecule is c1ccc(-c2ccc(N(c3cccc(-c4ccc(-c5ccc6c(c5)c5ccccc5n6-c5cccc6ccccc56)cc4)c3)c3ccc4c(c3)C(c3ccccc3)(c3ccccc3)c3ccccc3-4)c3ccccc23)cc1. The molecule has 2 nitrogen and oxygen atoms in total. The summed E-state index contributed by atoms with van der Waals surface area (Å²) in [6.45, 7) is 0. The number of fused-ring (bicyclic) bond motifs is 8. The molecule has 0 fully saturated rings. The largest absolute Gasteiger partial charge is 0.310 e. The van der Waals surface area contributed by atoms with E-state index in [9.17, 15) is 0 Å². The van der Waals surface area contributed by atoms with Gasteiger partial charge in [-0.1, -0.05) is 249 Å². The van der Waals surface area contributed by atoms with Crippen molar-refractivity contribution >= 4 is 60.4 Å². The first-order chi connectivity index (χ1) is 38.2. The smallest absolute Gasteiger partial charge is 0.0714 e. The number of rotatable bonds is 9. The fourth-order valence-corrected chi connectivity index (χ4v) is 12.8. The number of hydrogen-bond donors (Lipinski definition) is 0. The number of hydrogen-bond acceptors (Lipinski definition) is 1. The van der Waals surface area contributed by atoms with E-state index in [2.05, 4.69) is 313 Å². The lowest BCUT2D eigenvalue weighted by Crippen LogP contribution is -2.28. The van der Waals surface area contributed by atoms with E-state index in [1.54, 1.807) is 0 Å². The van der Waals surface area contributed by atoms with Crippen molar-refractivity contribution in [1.29, 1.82) is 0 Å². The van der Waals surface area contributed by atoms with Crippen LogP contribution in [0, 0.1) is 0 Å². The van der Waals surface area contributed by atoms with E-state index < -0.39 is 5.41 Å². The zero-order chi connectivity index (χ0) is 50.9. The summed E-state index contributed by atoms with van der Waals surface area (Å²) in [5.74, 6) is 0. The number of aromatic nitrogens is 1. The molecule has 0 atom stereocenters. The van der Waals surface area contributed by atoms with Crippen molar-refractivity contribution in [3.05, 3.63) is 326 Å². The van der Waals surface area contributed by atoms with E-state index in [0.717, 1.165) is 28.2 Å². The lowest BCUT2D eigenvalue weighted by Gasteiger charge is -2.35. The number of anilines is 3. The molecular formula is C75H50N2. The Hall–Kier alpha value is -10.0. The average molecular weight is 979 g/mol. The summed E-state index contributed by atoms with van der Waals surface area (Å²) < 4.78 is 2.43. The minimum Gasteiger partial charge on any atom is -0.310 e. The van der Waals surface area contributed by atoms with Crippen LogP contribution in [0.5, 0.6) is 0 Å². The quantitative estimate of drug-likeness (QED) is 0.140. The first kappa shape index (κ1) is 44.5. The zero-order valence-corrected chi connectivity index (χ0v) is 42.3. The molecule has 1 aliphatic carbocycles. The van der Waals surface area contributed by atoms with Crippen LogP contribution in [0.3, 0.4) is 0 Å². The van der Waals surface area contributed by atoms with Crippen molar-refractivity contribution in [3.8, 4) is 50.2 Å². The van der Waals surface area contributed by atoms with Gasteiger partial charge in [0.1, 0.15) is 0 Å². The Kier molecular flexibility index (Phi) is 10.5. The van der Waals surface area contributed by atoms with E-state index in [1.165, 1.54) is 105 Å². The Morgan fingerprint density at radius 1 is 0.273 bits per heavy atom. The monoisotopic (exact) mass is 978 g/mol. The molecule has 1 heterocycles. The van der Waals surface area contributed by atoms with Crippen molar-refractivity contribution in [2.45, 2.75) is 5.41 Å². The summed E-state index contributed by atoms with van der Waals surface area (Å²) in [5, 5.41) is 7.36. The average Bonchev–Trinajstić information content (AvgIpc) is 4.24. The maximum absolute atomic E-state index is 2.49. The highest BCUT2D eigenvalue weighted by Crippen LogP contribution is 2.57. The molecule has 0 saturated heterocycles. The molecule has 77 heavy (non-hydrogen) atoms. The summed E-state index contributed by atoms with van der Waals surface area (Å²) in [5.41, 5.74) is 21.0. The Bertz CT molecular complexity index is 4510. The third-order valence-electron chi connectivity index (χ3n) is 16.3. The third-order valence-corrected chi connectivity index (χ3v) is 16.3. The molecule has 0 radical (unpaired) electrons. The molecule has 1 aromatic heterocycles. The molecule has 0 N–H and O–H groups in total. The van der Waals surface area contributed by atoms with Crippen LogP contribution >= 0.6 is 0 Å². The van der Waals surface area contributed by atoms with Crippen molar-refractivity contribution in [2.24, 2.45) is 0 Å². The van der Waals surface area contributed by atoms with E-state index in [4.69, 9.17) is 0 Å². The van der Waals surface area contributed by atoms with Crippen LogP contribution in [0.25, 0.3) is 93.5 Å². The molecule has 0 bridgehead atoms. The predicted molar refractivity (Wildman–Crippen MR) is 324 cm³/mol. The lowest BCUT2D eigenvalue weighted by molar-refractivity contribution is 0.768. The fourth-order valence-electron chi connectivity index (χ4n) is 12.8. The van der Waals surface area contributed by atoms with Gasteiger partial charge in [0.25, 0.3) is 0 Å². The van der Waals surface area contributed by atoms with Gasteiger partial charge in [-0.3, -0.25) is 0 Å². The van der Waals surface area contributed by atoms with Crippen LogP contribution < -0.4 is 4.90 Å². The maximum atomic E-state index is 2.49. The van der Waals surface area contributed by atoms with Crippen molar-refractivity contribution < 1.29 is 0 Å². The van der Waals surface area contributed by atoms with Crippen LogP contribution in [-0.2, 0) is 5.41 Å². The second-order valence-corrected chi connectivity index (χ2v) is 20.3. The van der Waals surface area contributed by atoms with Crippen LogP contribution in [0.4, 0.5) is 17.1 Å². The fraction of sp³-hybridized carbons (Fsp3) is 0.0133. The summed E-state index contributed by atoms with van der Waals surface area (Å²) in [6.07, 6.45) is 0. The van der Waals surface area contributed by atoms with Crippen molar-refractivity contribution in [1.82, 2.24) is 4.57 Å². The van der Waals surface area contributed by atoms with Gasteiger partial charge in [-0.05, 0) is 132 Å². The maximum Gasteiger partial charge on any atom is 0.0714 e. The van der Waals surface area contributed by atoms with Gasteiger partial charge < -0.3 is 9.47 Å². The molecular weight excluding hydrogens is 929 g/mol. The van der Waals surface area contributed by atoms with E-state index >= 15 is 0 Å². The van der Waals surface area contributed by atoms with Crippen LogP contribution in [0.1, 0.15) is 22.3 Å². The van der Waals surface area contributed by atoms with Crippen LogP contribution in [0.15, 0.2) is 303 Å². The second kappa shape index (κ2) is 18.1. The standard InChI is InChI=1S/C75H50N2/c1-4-20-53(21-5-1)61-45-47-73(66-33-13-12-31-63(61)66)76(60-43-44-65-64-32-14-16-35-69(64)75(70(65)50-60,57-25-6-2-7-26-57)58-27-8-3-9-28-58)59-29-18-24-55(48-59)51-38-40-52(41-39-51)56-42-46-74-68(49-56)67-34-15-17-36-72(67)77(74)71-37-19-23-54-22-10-11-30-62(54)71/h1-50H. The van der Waals surface area contributed by atoms with E-state index in [1.807, 2.05) is 0 Å². The highest BCUT2D eigenvalue weighted by Gasteiger charge is 2.46. The molecule has 15 rings (SSSR count). The van der Waals surface area contributed by atoms with Gasteiger partial charge >= 0.3 is 0 Å². The third kappa shape index (κ3) is 7.10. The molecule has 1 aliphatic rings. The Labute approximate surface area is 448 Å². The van der Waals surface area contributed by atoms with E-state index in [0.29, 0.717) is 0 Å². The first-order valence-electron chi connectivity index (χ1n) is 26.7. The zero-order valence-electron chi connectivity index (χ0n) is 42.3. The summed E-state index contributed by atoms with van der Waals surface area (Å²) >= 11 is 0. The highest BCUT2D eigenvalue weighted by atomic mass is 15.1. The summed E-state index contributed by atoms with van der Waals surface area (Å²) in [7, 11) is 0. The molecule has 0 saturated carbocycles. The molecule has 0 amide bonds. The molecule has 360 valence electrons. The van der Waals surface area contributed by atoms with Crippen LogP contribution in [0.2, 0.25) is 0 Å². The Balaban J connectivity index is 0.874. The molecule has 0 spiro atoms. The van der Waals surface area contributed by atoms with Gasteiger partial charge in [-0.15, -0.1) is 0 Å². The molecule has 13 aromatic carbocycles. The minimum atomic E-state index is -0.544. The predicted octanol–water partition coefficient (Wildman–Crippen LogP) is 19.9. The van der Waals surface area contributed by atoms with Gasteiger partial charge in [0.2, 0.25) is 0 Å².